The van der Waals surface area contributed by atoms with E-state index in [1.165, 1.54) is 0 Å². The summed E-state index contributed by atoms with van der Waals surface area (Å²) in [5.74, 6) is 0. The van der Waals surface area contributed by atoms with Gasteiger partial charge in [0.05, 0.1) is 12.3 Å². The highest BCUT2D eigenvalue weighted by Gasteiger charge is 2.19. The molecule has 10 rings (SSSR count). The van der Waals surface area contributed by atoms with Crippen molar-refractivity contribution in [2.75, 3.05) is 0 Å². The van der Waals surface area contributed by atoms with Crippen molar-refractivity contribution in [2.24, 2.45) is 0 Å². The molecule has 0 aliphatic carbocycles. The summed E-state index contributed by atoms with van der Waals surface area (Å²) in [5.41, 5.74) is 6.73. The largest absolute Gasteiger partial charge is 0.455 e. The number of fused-ring (bicyclic) bond motifs is 7. The second kappa shape index (κ2) is 11.1. The van der Waals surface area contributed by atoms with Gasteiger partial charge < -0.3 is 4.42 Å². The first-order chi connectivity index (χ1) is 28.1. The van der Waals surface area contributed by atoms with Crippen molar-refractivity contribution >= 4 is 54.3 Å². The maximum Gasteiger partial charge on any atom is 0.143 e. The fourth-order valence-corrected chi connectivity index (χ4v) is 7.17. The third-order valence-corrected chi connectivity index (χ3v) is 9.35. The average Bonchev–Trinajstić information content (AvgIpc) is 3.67. The monoisotopic (exact) mass is 631 g/mol. The highest BCUT2D eigenvalue weighted by molar-refractivity contribution is 6.23. The Bertz CT molecular complexity index is 3320. The molecule has 0 amide bonds. The second-order valence-electron chi connectivity index (χ2n) is 12.1. The topological polar surface area (TPSA) is 13.1 Å². The van der Waals surface area contributed by atoms with Crippen LogP contribution in [0.5, 0.6) is 0 Å². The van der Waals surface area contributed by atoms with Crippen molar-refractivity contribution in [1.82, 2.24) is 0 Å². The van der Waals surface area contributed by atoms with Gasteiger partial charge in [0.25, 0.3) is 0 Å². The van der Waals surface area contributed by atoms with Gasteiger partial charge in [0.1, 0.15) is 11.2 Å². The zero-order valence-electron chi connectivity index (χ0n) is 35.0. The van der Waals surface area contributed by atoms with Gasteiger partial charge in [-0.3, -0.25) is 0 Å². The average molecular weight is 632 g/mol. The maximum absolute atomic E-state index is 9.80. The summed E-state index contributed by atoms with van der Waals surface area (Å²) in [6.07, 6.45) is 0. The van der Waals surface area contributed by atoms with Crippen LogP contribution in [0.4, 0.5) is 0 Å². The Morgan fingerprint density at radius 2 is 0.980 bits per heavy atom. The quantitative estimate of drug-likeness (QED) is 0.176. The SMILES string of the molecule is [2H]c1c(-c2c3ccccc3c(-c3ccc(-c4ccccc4)c(-c4ccccc4)c3)c3ccccc23)c([2H])c2c(oc3c4c([2H])c([2H])c([2H])c([2H])c4c([2H])c([2H])c32)c1[2H]. The Kier molecular flexibility index (Phi) is 4.53. The van der Waals surface area contributed by atoms with Crippen LogP contribution in [0.2, 0.25) is 0 Å². The number of furan rings is 1. The van der Waals surface area contributed by atoms with Crippen molar-refractivity contribution < 1.29 is 16.8 Å². The van der Waals surface area contributed by atoms with Crippen LogP contribution >= 0.6 is 0 Å². The standard InChI is InChI=1S/C48H30O/c1-3-13-31(14-4-1)36-26-24-34(29-43(36)32-15-5-2-6-16-32)46-38-19-9-11-21-40(38)47(41-22-12-10-20-39(41)46)35-25-28-45-44(30-35)42-27-23-33-17-7-8-18-37(33)48(42)49-45/h1-30H/i7D,8D,17D,18D,23D,25D,27D,28D,30D. The molecule has 0 N–H and O–H groups in total. The van der Waals surface area contributed by atoms with E-state index in [4.69, 9.17) is 12.6 Å². The van der Waals surface area contributed by atoms with Crippen LogP contribution in [0.3, 0.4) is 0 Å². The first kappa shape index (κ1) is 20.0. The van der Waals surface area contributed by atoms with Crippen LogP contribution in [0, 0.1) is 0 Å². The number of benzene rings is 9. The Hall–Kier alpha value is -6.44. The van der Waals surface area contributed by atoms with Crippen molar-refractivity contribution in [1.29, 1.82) is 0 Å². The Labute approximate surface area is 297 Å². The van der Waals surface area contributed by atoms with E-state index >= 15 is 0 Å². The normalized spacial score (nSPS) is 14.2. The van der Waals surface area contributed by atoms with E-state index in [2.05, 4.69) is 42.5 Å². The van der Waals surface area contributed by atoms with Gasteiger partial charge in [-0.15, -0.1) is 0 Å². The molecule has 0 saturated carbocycles. The smallest absolute Gasteiger partial charge is 0.143 e. The third-order valence-electron chi connectivity index (χ3n) is 9.35. The van der Waals surface area contributed by atoms with Crippen molar-refractivity contribution in [3.8, 4) is 44.5 Å². The second-order valence-corrected chi connectivity index (χ2v) is 12.1. The Morgan fingerprint density at radius 3 is 1.65 bits per heavy atom. The minimum atomic E-state index is -0.537. The van der Waals surface area contributed by atoms with E-state index in [1.54, 1.807) is 0 Å². The van der Waals surface area contributed by atoms with Gasteiger partial charge in [0.2, 0.25) is 0 Å². The lowest BCUT2D eigenvalue weighted by atomic mass is 9.84. The summed E-state index contributed by atoms with van der Waals surface area (Å²) in [4.78, 5) is 0. The number of hydrogen-bond donors (Lipinski definition) is 0. The highest BCUT2D eigenvalue weighted by atomic mass is 16.3. The maximum atomic E-state index is 9.80. The summed E-state index contributed by atoms with van der Waals surface area (Å²) >= 11 is 0. The predicted molar refractivity (Wildman–Crippen MR) is 208 cm³/mol. The molecule has 1 nitrogen and oxygen atoms in total. The van der Waals surface area contributed by atoms with E-state index in [0.717, 1.165) is 54.9 Å². The Morgan fingerprint density at radius 1 is 0.388 bits per heavy atom. The molecule has 0 unspecified atom stereocenters. The number of rotatable bonds is 4. The van der Waals surface area contributed by atoms with Crippen LogP contribution in [0.15, 0.2) is 186 Å². The van der Waals surface area contributed by atoms with Gasteiger partial charge in [0.15, 0.2) is 0 Å². The van der Waals surface area contributed by atoms with Crippen LogP contribution in [0.25, 0.3) is 98.8 Å². The highest BCUT2D eigenvalue weighted by Crippen LogP contribution is 2.46. The van der Waals surface area contributed by atoms with Crippen molar-refractivity contribution in [3.63, 3.8) is 0 Å². The first-order valence-electron chi connectivity index (χ1n) is 20.6. The molecule has 0 fully saturated rings. The summed E-state index contributed by atoms with van der Waals surface area (Å²) in [5, 5.41) is 3.03. The van der Waals surface area contributed by atoms with E-state index in [1.807, 2.05) is 84.9 Å². The molecule has 0 atom stereocenters. The van der Waals surface area contributed by atoms with E-state index < -0.39 is 30.2 Å². The molecular formula is C48H30O. The van der Waals surface area contributed by atoms with Crippen molar-refractivity contribution in [2.45, 2.75) is 0 Å². The molecule has 0 aliphatic rings. The summed E-state index contributed by atoms with van der Waals surface area (Å²) in [6, 6.07) is 39.2. The molecule has 0 saturated heterocycles. The summed E-state index contributed by atoms with van der Waals surface area (Å²) < 4.78 is 86.5. The van der Waals surface area contributed by atoms with Crippen LogP contribution in [0.1, 0.15) is 12.3 Å². The zero-order valence-corrected chi connectivity index (χ0v) is 26.0. The summed E-state index contributed by atoms with van der Waals surface area (Å²) in [6.45, 7) is 0. The fraction of sp³-hybridized carbons (Fsp3) is 0. The van der Waals surface area contributed by atoms with Gasteiger partial charge in [-0.1, -0.05) is 158 Å². The molecule has 0 bridgehead atoms. The molecule has 10 aromatic rings. The van der Waals surface area contributed by atoms with Crippen LogP contribution < -0.4 is 0 Å². The molecule has 1 aromatic heterocycles. The third kappa shape index (κ3) is 4.40. The molecule has 0 aliphatic heterocycles. The lowest BCUT2D eigenvalue weighted by Crippen LogP contribution is -1.92. The minimum Gasteiger partial charge on any atom is -0.455 e. The molecule has 0 spiro atoms. The van der Waals surface area contributed by atoms with Crippen LogP contribution in [-0.2, 0) is 0 Å². The van der Waals surface area contributed by atoms with E-state index in [-0.39, 0.29) is 62.4 Å². The van der Waals surface area contributed by atoms with Crippen molar-refractivity contribution in [3.05, 3.63) is 182 Å². The van der Waals surface area contributed by atoms with Gasteiger partial charge in [-0.25, -0.2) is 0 Å². The minimum absolute atomic E-state index is 0.00513. The number of hydrogen-bond acceptors (Lipinski definition) is 1. The zero-order chi connectivity index (χ0) is 40.1. The molecule has 49 heavy (non-hydrogen) atoms. The lowest BCUT2D eigenvalue weighted by molar-refractivity contribution is 0.672. The molecular weight excluding hydrogens is 593 g/mol. The van der Waals surface area contributed by atoms with Gasteiger partial charge in [0, 0.05) is 16.2 Å². The summed E-state index contributed by atoms with van der Waals surface area (Å²) in [7, 11) is 0. The van der Waals surface area contributed by atoms with Gasteiger partial charge in [-0.2, -0.15) is 0 Å². The molecule has 1 heterocycles. The predicted octanol–water partition coefficient (Wildman–Crippen LogP) is 13.7. The fourth-order valence-electron chi connectivity index (χ4n) is 7.17. The van der Waals surface area contributed by atoms with Gasteiger partial charge in [-0.05, 0) is 95.6 Å². The van der Waals surface area contributed by atoms with E-state index in [9.17, 15) is 4.11 Å². The lowest BCUT2D eigenvalue weighted by Gasteiger charge is -2.19. The molecule has 228 valence electrons. The molecule has 1 heteroatoms. The first-order valence-corrected chi connectivity index (χ1v) is 16.1. The van der Waals surface area contributed by atoms with E-state index in [0.29, 0.717) is 5.56 Å². The van der Waals surface area contributed by atoms with Gasteiger partial charge >= 0.3 is 0 Å². The van der Waals surface area contributed by atoms with Crippen LogP contribution in [-0.4, -0.2) is 0 Å². The Balaban J connectivity index is 1.31. The molecule has 0 radical (unpaired) electrons. The molecule has 9 aromatic carbocycles.